The van der Waals surface area contributed by atoms with E-state index < -0.39 is 11.9 Å². The summed E-state index contributed by atoms with van der Waals surface area (Å²) in [5.41, 5.74) is 0.223. The van der Waals surface area contributed by atoms with Crippen LogP contribution in [0.4, 0.5) is 0 Å². The highest BCUT2D eigenvalue weighted by Gasteiger charge is 2.16. The highest BCUT2D eigenvalue weighted by Crippen LogP contribution is 2.23. The second kappa shape index (κ2) is 4.44. The molecule has 4 heteroatoms. The van der Waals surface area contributed by atoms with Crippen molar-refractivity contribution in [3.05, 3.63) is 48.6 Å². The molecule has 0 aliphatic carbocycles. The molecule has 0 heterocycles. The van der Waals surface area contributed by atoms with E-state index in [4.69, 9.17) is 10.2 Å². The fourth-order valence-electron chi connectivity index (χ4n) is 1.24. The Morgan fingerprint density at radius 3 is 1.44 bits per heavy atom. The molecule has 0 aromatic heterocycles. The Balaban J connectivity index is 3.31. The molecule has 0 fully saturated rings. The molecule has 82 valence electrons. The van der Waals surface area contributed by atoms with Crippen LogP contribution in [-0.2, 0) is 9.59 Å². The van der Waals surface area contributed by atoms with Crippen LogP contribution in [0.25, 0.3) is 11.1 Å². The van der Waals surface area contributed by atoms with Crippen molar-refractivity contribution in [2.24, 2.45) is 0 Å². The number of aliphatic carboxylic acids is 2. The Labute approximate surface area is 92.2 Å². The van der Waals surface area contributed by atoms with Crippen molar-refractivity contribution in [1.29, 1.82) is 0 Å². The van der Waals surface area contributed by atoms with E-state index >= 15 is 0 Å². The van der Waals surface area contributed by atoms with Gasteiger partial charge in [-0.25, -0.2) is 9.59 Å². The number of carboxylic acid groups (broad SMARTS) is 2. The molecule has 0 aliphatic rings. The van der Waals surface area contributed by atoms with Crippen LogP contribution in [0.3, 0.4) is 0 Å². The van der Waals surface area contributed by atoms with Crippen molar-refractivity contribution in [2.45, 2.75) is 0 Å². The third-order valence-corrected chi connectivity index (χ3v) is 2.09. The predicted molar refractivity (Wildman–Crippen MR) is 59.8 cm³/mol. The van der Waals surface area contributed by atoms with Gasteiger partial charge < -0.3 is 10.2 Å². The molecule has 4 nitrogen and oxygen atoms in total. The molecule has 2 N–H and O–H groups in total. The molecule has 16 heavy (non-hydrogen) atoms. The second-order valence-electron chi connectivity index (χ2n) is 3.11. The number of hydrogen-bond donors (Lipinski definition) is 2. The lowest BCUT2D eigenvalue weighted by molar-refractivity contribution is -0.131. The molecule has 0 radical (unpaired) electrons. The van der Waals surface area contributed by atoms with E-state index in [-0.39, 0.29) is 22.3 Å². The molecule has 0 spiro atoms. The molecule has 1 rings (SSSR count). The summed E-state index contributed by atoms with van der Waals surface area (Å²) in [4.78, 5) is 21.5. The molecule has 0 unspecified atom stereocenters. The minimum atomic E-state index is -1.19. The maximum Gasteiger partial charge on any atom is 0.335 e. The summed E-state index contributed by atoms with van der Waals surface area (Å²) < 4.78 is 0. The first-order chi connectivity index (χ1) is 7.45. The van der Waals surface area contributed by atoms with Gasteiger partial charge in [0, 0.05) is 0 Å². The van der Waals surface area contributed by atoms with Crippen molar-refractivity contribution in [2.75, 3.05) is 0 Å². The first-order valence-corrected chi connectivity index (χ1v) is 4.39. The van der Waals surface area contributed by atoms with Gasteiger partial charge in [-0.3, -0.25) is 0 Å². The molecule has 0 aliphatic heterocycles. The standard InChI is InChI=1S/C12H10O4/c1-7(11(13)14)9-5-3-4-6-10(9)8(2)12(15)16/h3-6H,1-2H2,(H,13,14)(H,15,16). The van der Waals surface area contributed by atoms with Gasteiger partial charge >= 0.3 is 11.9 Å². The third-order valence-electron chi connectivity index (χ3n) is 2.09. The van der Waals surface area contributed by atoms with Gasteiger partial charge in [-0.1, -0.05) is 37.4 Å². The Kier molecular flexibility index (Phi) is 3.25. The van der Waals surface area contributed by atoms with E-state index in [1.807, 2.05) is 0 Å². The van der Waals surface area contributed by atoms with Crippen molar-refractivity contribution in [3.63, 3.8) is 0 Å². The molecule has 1 aromatic carbocycles. The van der Waals surface area contributed by atoms with Crippen LogP contribution in [0.5, 0.6) is 0 Å². The second-order valence-corrected chi connectivity index (χ2v) is 3.11. The summed E-state index contributed by atoms with van der Waals surface area (Å²) in [5, 5.41) is 17.6. The zero-order valence-corrected chi connectivity index (χ0v) is 8.43. The lowest BCUT2D eigenvalue weighted by Gasteiger charge is -2.08. The van der Waals surface area contributed by atoms with E-state index in [9.17, 15) is 9.59 Å². The van der Waals surface area contributed by atoms with Gasteiger partial charge in [0.2, 0.25) is 0 Å². The number of benzene rings is 1. The maximum atomic E-state index is 10.8. The van der Waals surface area contributed by atoms with Crippen LogP contribution in [0.15, 0.2) is 37.4 Å². The van der Waals surface area contributed by atoms with E-state index in [0.29, 0.717) is 0 Å². The van der Waals surface area contributed by atoms with E-state index in [0.717, 1.165) is 0 Å². The SMILES string of the molecule is C=C(C(=O)O)c1ccccc1C(=C)C(=O)O. The Morgan fingerprint density at radius 2 is 1.19 bits per heavy atom. The summed E-state index contributed by atoms with van der Waals surface area (Å²) in [6, 6.07) is 6.23. The first-order valence-electron chi connectivity index (χ1n) is 4.39. The van der Waals surface area contributed by atoms with Crippen LogP contribution in [0.1, 0.15) is 11.1 Å². The fourth-order valence-corrected chi connectivity index (χ4v) is 1.24. The zero-order chi connectivity index (χ0) is 12.3. The quantitative estimate of drug-likeness (QED) is 0.756. The van der Waals surface area contributed by atoms with Crippen molar-refractivity contribution in [3.8, 4) is 0 Å². The molecule has 0 bridgehead atoms. The number of carbonyl (C=O) groups is 2. The van der Waals surface area contributed by atoms with Crippen LogP contribution in [0, 0.1) is 0 Å². The summed E-state index contributed by atoms with van der Waals surface area (Å²) in [6.07, 6.45) is 0. The molecular weight excluding hydrogens is 208 g/mol. The Morgan fingerprint density at radius 1 is 0.875 bits per heavy atom. The maximum absolute atomic E-state index is 10.8. The van der Waals surface area contributed by atoms with Gasteiger partial charge in [0.1, 0.15) is 0 Å². The van der Waals surface area contributed by atoms with Gasteiger partial charge in [-0.05, 0) is 11.1 Å². The normalized spacial score (nSPS) is 9.50. The van der Waals surface area contributed by atoms with Crippen LogP contribution in [-0.4, -0.2) is 22.2 Å². The highest BCUT2D eigenvalue weighted by molar-refractivity contribution is 6.20. The van der Waals surface area contributed by atoms with Crippen LogP contribution < -0.4 is 0 Å². The van der Waals surface area contributed by atoms with Crippen LogP contribution in [0.2, 0.25) is 0 Å². The Bertz CT molecular complexity index is 441. The van der Waals surface area contributed by atoms with E-state index in [2.05, 4.69) is 13.2 Å². The predicted octanol–water partition coefficient (Wildman–Crippen LogP) is 1.88. The molecule has 0 atom stereocenters. The molecule has 0 amide bonds. The fraction of sp³-hybridized carbons (Fsp3) is 0. The summed E-state index contributed by atoms with van der Waals surface area (Å²) in [6.45, 7) is 6.79. The van der Waals surface area contributed by atoms with Crippen molar-refractivity contribution >= 4 is 23.1 Å². The van der Waals surface area contributed by atoms with Gasteiger partial charge in [0.15, 0.2) is 0 Å². The van der Waals surface area contributed by atoms with Crippen LogP contribution >= 0.6 is 0 Å². The molecule has 1 aromatic rings. The minimum Gasteiger partial charge on any atom is -0.478 e. The van der Waals surface area contributed by atoms with Gasteiger partial charge in [0.25, 0.3) is 0 Å². The lowest BCUT2D eigenvalue weighted by atomic mass is 9.96. The molecular formula is C12H10O4. The summed E-state index contributed by atoms with van der Waals surface area (Å²) >= 11 is 0. The topological polar surface area (TPSA) is 74.6 Å². The highest BCUT2D eigenvalue weighted by atomic mass is 16.4. The van der Waals surface area contributed by atoms with Gasteiger partial charge in [0.05, 0.1) is 11.1 Å². The lowest BCUT2D eigenvalue weighted by Crippen LogP contribution is -2.05. The number of hydrogen-bond acceptors (Lipinski definition) is 2. The number of carboxylic acids is 2. The molecule has 0 saturated heterocycles. The largest absolute Gasteiger partial charge is 0.478 e. The monoisotopic (exact) mass is 218 g/mol. The van der Waals surface area contributed by atoms with Gasteiger partial charge in [-0.2, -0.15) is 0 Å². The average Bonchev–Trinajstić information content (AvgIpc) is 2.26. The Hall–Kier alpha value is -2.36. The van der Waals surface area contributed by atoms with Gasteiger partial charge in [-0.15, -0.1) is 0 Å². The summed E-state index contributed by atoms with van der Waals surface area (Å²) in [5.74, 6) is -2.38. The molecule has 0 saturated carbocycles. The smallest absolute Gasteiger partial charge is 0.335 e. The third kappa shape index (κ3) is 2.17. The van der Waals surface area contributed by atoms with Crippen molar-refractivity contribution in [1.82, 2.24) is 0 Å². The zero-order valence-electron chi connectivity index (χ0n) is 8.43. The van der Waals surface area contributed by atoms with E-state index in [1.54, 1.807) is 12.1 Å². The summed E-state index contributed by atoms with van der Waals surface area (Å²) in [7, 11) is 0. The average molecular weight is 218 g/mol. The van der Waals surface area contributed by atoms with Crippen molar-refractivity contribution < 1.29 is 19.8 Å². The minimum absolute atomic E-state index is 0.155. The van der Waals surface area contributed by atoms with E-state index in [1.165, 1.54) is 12.1 Å². The number of rotatable bonds is 4. The first kappa shape index (κ1) is 11.7.